The van der Waals surface area contributed by atoms with E-state index in [1.165, 1.54) is 5.56 Å². The topological polar surface area (TPSA) is 44.0 Å². The van der Waals surface area contributed by atoms with E-state index in [0.717, 1.165) is 37.3 Å². The number of aromatic amines is 1. The molecule has 0 saturated carbocycles. The minimum atomic E-state index is -0.342. The number of aryl methyl sites for hydroxylation is 1. The van der Waals surface area contributed by atoms with Crippen molar-refractivity contribution in [2.45, 2.75) is 25.9 Å². The van der Waals surface area contributed by atoms with Crippen LogP contribution in [0.5, 0.6) is 0 Å². The van der Waals surface area contributed by atoms with Crippen molar-refractivity contribution in [2.24, 2.45) is 5.92 Å². The van der Waals surface area contributed by atoms with Crippen molar-refractivity contribution in [1.82, 2.24) is 20.4 Å². The van der Waals surface area contributed by atoms with Gasteiger partial charge in [0, 0.05) is 30.4 Å². The number of likely N-dealkylation sites (tertiary alicyclic amines) is 1. The number of hydrogen-bond donors (Lipinski definition) is 2. The number of nitrogens with one attached hydrogen (secondary N) is 2. The maximum atomic E-state index is 13.8. The van der Waals surface area contributed by atoms with E-state index >= 15 is 0 Å². The van der Waals surface area contributed by atoms with Gasteiger partial charge < -0.3 is 5.32 Å². The van der Waals surface area contributed by atoms with Crippen LogP contribution in [0.4, 0.5) is 4.39 Å². The van der Waals surface area contributed by atoms with Crippen LogP contribution in [0.15, 0.2) is 24.4 Å². The van der Waals surface area contributed by atoms with Crippen LogP contribution in [0.1, 0.15) is 29.3 Å². The lowest BCUT2D eigenvalue weighted by atomic mass is 9.93. The van der Waals surface area contributed by atoms with Gasteiger partial charge in [-0.1, -0.05) is 17.7 Å². The number of benzene rings is 1. The van der Waals surface area contributed by atoms with Gasteiger partial charge in [0.05, 0.1) is 11.2 Å². The van der Waals surface area contributed by atoms with Crippen molar-refractivity contribution in [2.75, 3.05) is 20.1 Å². The normalized spacial score (nSPS) is 21.9. The fraction of sp³-hybridized carbons (Fsp3) is 0.471. The Morgan fingerprint density at radius 3 is 3.00 bits per heavy atom. The molecule has 1 aliphatic heterocycles. The van der Waals surface area contributed by atoms with Crippen LogP contribution in [0.2, 0.25) is 5.02 Å². The highest BCUT2D eigenvalue weighted by Crippen LogP contribution is 2.36. The fourth-order valence-corrected chi connectivity index (χ4v) is 3.53. The van der Waals surface area contributed by atoms with Crippen LogP contribution in [0.3, 0.4) is 0 Å². The molecule has 1 fully saturated rings. The number of aromatic nitrogens is 2. The van der Waals surface area contributed by atoms with Crippen molar-refractivity contribution in [3.05, 3.63) is 52.1 Å². The van der Waals surface area contributed by atoms with E-state index in [2.05, 4.69) is 27.5 Å². The third kappa shape index (κ3) is 3.57. The minimum Gasteiger partial charge on any atom is -0.312 e. The number of halogens is 2. The van der Waals surface area contributed by atoms with Gasteiger partial charge in [-0.25, -0.2) is 4.39 Å². The summed E-state index contributed by atoms with van der Waals surface area (Å²) >= 11 is 5.81. The fourth-order valence-electron chi connectivity index (χ4n) is 3.41. The summed E-state index contributed by atoms with van der Waals surface area (Å²) in [5, 5.41) is 10.7. The Bertz CT molecular complexity index is 672. The number of hydrogen-bond acceptors (Lipinski definition) is 3. The van der Waals surface area contributed by atoms with Crippen molar-refractivity contribution < 1.29 is 4.39 Å². The molecule has 1 aliphatic rings. The van der Waals surface area contributed by atoms with Crippen LogP contribution in [-0.2, 0) is 6.54 Å². The first-order valence-electron chi connectivity index (χ1n) is 7.91. The Hall–Kier alpha value is -1.43. The quantitative estimate of drug-likeness (QED) is 0.880. The second kappa shape index (κ2) is 6.99. The summed E-state index contributed by atoms with van der Waals surface area (Å²) in [5.41, 5.74) is 3.28. The zero-order valence-corrected chi connectivity index (χ0v) is 14.2. The summed E-state index contributed by atoms with van der Waals surface area (Å²) in [6.07, 6.45) is 2.96. The van der Waals surface area contributed by atoms with E-state index < -0.39 is 0 Å². The first-order chi connectivity index (χ1) is 11.1. The molecule has 0 radical (unpaired) electrons. The van der Waals surface area contributed by atoms with Crippen molar-refractivity contribution >= 4 is 11.6 Å². The molecule has 1 aromatic carbocycles. The van der Waals surface area contributed by atoms with Crippen molar-refractivity contribution in [3.8, 4) is 0 Å². The molecule has 2 N–H and O–H groups in total. The first-order valence-corrected chi connectivity index (χ1v) is 8.29. The predicted octanol–water partition coefficient (Wildman–Crippen LogP) is 3.29. The Balaban J connectivity index is 1.66. The largest absolute Gasteiger partial charge is 0.312 e. The van der Waals surface area contributed by atoms with Crippen molar-refractivity contribution in [3.63, 3.8) is 0 Å². The first kappa shape index (κ1) is 16.4. The van der Waals surface area contributed by atoms with Gasteiger partial charge in [-0.15, -0.1) is 0 Å². The smallest absolute Gasteiger partial charge is 0.142 e. The van der Waals surface area contributed by atoms with Gasteiger partial charge in [0.2, 0.25) is 0 Å². The zero-order valence-electron chi connectivity index (χ0n) is 13.4. The maximum Gasteiger partial charge on any atom is 0.142 e. The van der Waals surface area contributed by atoms with E-state index in [0.29, 0.717) is 5.92 Å². The van der Waals surface area contributed by atoms with E-state index in [-0.39, 0.29) is 16.9 Å². The molecule has 6 heteroatoms. The molecule has 0 spiro atoms. The lowest BCUT2D eigenvalue weighted by molar-refractivity contribution is 0.271. The minimum absolute atomic E-state index is 0.180. The molecule has 2 atom stereocenters. The Kier molecular flexibility index (Phi) is 4.99. The third-order valence-electron chi connectivity index (χ3n) is 4.72. The Morgan fingerprint density at radius 1 is 1.48 bits per heavy atom. The summed E-state index contributed by atoms with van der Waals surface area (Å²) < 4.78 is 13.8. The molecule has 0 bridgehead atoms. The summed E-state index contributed by atoms with van der Waals surface area (Å²) in [4.78, 5) is 2.29. The molecular formula is C17H22ClFN4. The number of nitrogens with zero attached hydrogens (tertiary/aromatic N) is 2. The lowest BCUT2D eigenvalue weighted by Gasteiger charge is -2.26. The molecule has 0 aliphatic carbocycles. The van der Waals surface area contributed by atoms with Crippen molar-refractivity contribution in [1.29, 1.82) is 0 Å². The van der Waals surface area contributed by atoms with E-state index in [1.54, 1.807) is 12.1 Å². The van der Waals surface area contributed by atoms with Gasteiger partial charge >= 0.3 is 0 Å². The SMILES string of the molecule is Cc1[nH]ncc1CNC[C@@H]1CCN(C)[C@@H]1c1ccc(Cl)c(F)c1. The average molecular weight is 337 g/mol. The van der Waals surface area contributed by atoms with E-state index in [4.69, 9.17) is 11.6 Å². The average Bonchev–Trinajstić information content (AvgIpc) is 3.09. The maximum absolute atomic E-state index is 13.8. The number of rotatable bonds is 5. The molecule has 1 aromatic heterocycles. The number of H-pyrrole nitrogens is 1. The Labute approximate surface area is 141 Å². The molecule has 1 saturated heterocycles. The molecule has 2 aromatic rings. The zero-order chi connectivity index (χ0) is 16.4. The van der Waals surface area contributed by atoms with Gasteiger partial charge in [0.25, 0.3) is 0 Å². The monoisotopic (exact) mass is 336 g/mol. The van der Waals surface area contributed by atoms with Gasteiger partial charge in [-0.05, 0) is 50.6 Å². The highest BCUT2D eigenvalue weighted by molar-refractivity contribution is 6.30. The van der Waals surface area contributed by atoms with E-state index in [1.807, 2.05) is 19.2 Å². The van der Waals surface area contributed by atoms with Crippen LogP contribution >= 0.6 is 11.6 Å². The summed E-state index contributed by atoms with van der Waals surface area (Å²) in [6.45, 7) is 4.73. The summed E-state index contributed by atoms with van der Waals surface area (Å²) in [5.74, 6) is 0.109. The van der Waals surface area contributed by atoms with Crippen LogP contribution in [-0.4, -0.2) is 35.2 Å². The molecule has 3 rings (SSSR count). The molecule has 0 amide bonds. The molecular weight excluding hydrogens is 315 g/mol. The molecule has 23 heavy (non-hydrogen) atoms. The van der Waals surface area contributed by atoms with Gasteiger partial charge in [0.1, 0.15) is 5.82 Å². The predicted molar refractivity (Wildman–Crippen MR) is 89.9 cm³/mol. The second-order valence-electron chi connectivity index (χ2n) is 6.30. The van der Waals surface area contributed by atoms with Crippen LogP contribution in [0, 0.1) is 18.7 Å². The Morgan fingerprint density at radius 2 is 2.30 bits per heavy atom. The van der Waals surface area contributed by atoms with Crippen LogP contribution in [0.25, 0.3) is 0 Å². The van der Waals surface area contributed by atoms with Gasteiger partial charge in [0.15, 0.2) is 0 Å². The highest BCUT2D eigenvalue weighted by Gasteiger charge is 2.33. The summed E-state index contributed by atoms with van der Waals surface area (Å²) in [6, 6.07) is 5.38. The highest BCUT2D eigenvalue weighted by atomic mass is 35.5. The second-order valence-corrected chi connectivity index (χ2v) is 6.71. The van der Waals surface area contributed by atoms with Crippen LogP contribution < -0.4 is 5.32 Å². The molecule has 4 nitrogen and oxygen atoms in total. The lowest BCUT2D eigenvalue weighted by Crippen LogP contribution is -2.28. The molecule has 2 heterocycles. The molecule has 0 unspecified atom stereocenters. The standard InChI is InChI=1S/C17H22ClFN4/c1-11-14(10-21-22-11)9-20-8-13-5-6-23(2)17(13)12-3-4-15(18)16(19)7-12/h3-4,7,10,13,17,20H,5-6,8-9H2,1-2H3,(H,21,22)/t13-,17+/m0/s1. The van der Waals surface area contributed by atoms with Gasteiger partial charge in [-0.3, -0.25) is 10.00 Å². The molecule has 124 valence electrons. The van der Waals surface area contributed by atoms with E-state index in [9.17, 15) is 4.39 Å². The van der Waals surface area contributed by atoms with Gasteiger partial charge in [-0.2, -0.15) is 5.10 Å². The summed E-state index contributed by atoms with van der Waals surface area (Å²) in [7, 11) is 2.09. The third-order valence-corrected chi connectivity index (χ3v) is 5.02.